The molecule has 0 atom stereocenters. The zero-order valence-corrected chi connectivity index (χ0v) is 24.7. The number of nitrogens with zero attached hydrogens (tertiary/aromatic N) is 5. The highest BCUT2D eigenvalue weighted by atomic mass is 16.5. The molecule has 1 aliphatic rings. The van der Waals surface area contributed by atoms with E-state index in [1.165, 1.54) is 4.90 Å². The van der Waals surface area contributed by atoms with Crippen LogP contribution >= 0.6 is 0 Å². The van der Waals surface area contributed by atoms with E-state index in [1.54, 1.807) is 57.7 Å². The third kappa shape index (κ3) is 6.19. The number of rotatable bonds is 6. The molecule has 2 amide bonds. The number of carboxylic acid groups (broad SMARTS) is 1. The predicted octanol–water partition coefficient (Wildman–Crippen LogP) is 5.55. The molecule has 0 saturated heterocycles. The van der Waals surface area contributed by atoms with Gasteiger partial charge in [0.1, 0.15) is 17.4 Å². The molecule has 1 aromatic heterocycles. The molecular weight excluding hydrogens is 522 g/mol. The van der Waals surface area contributed by atoms with Crippen molar-refractivity contribution in [2.75, 3.05) is 13.1 Å². The minimum atomic E-state index is -1.22. The van der Waals surface area contributed by atoms with Gasteiger partial charge in [-0.15, -0.1) is 0 Å². The summed E-state index contributed by atoms with van der Waals surface area (Å²) in [6.45, 7) is 13.5. The topological polar surface area (TPSA) is 133 Å². The SMILES string of the molecule is CC(C)Oc1ccc(-c2nc(-c3ccc4c(c3)CCN(C(=O)C(C)(C)N(C(=O)O)C(C)(C)C)CC4)no2)cc1C#N. The Bertz CT molecular complexity index is 1500. The Morgan fingerprint density at radius 1 is 1.05 bits per heavy atom. The molecule has 216 valence electrons. The van der Waals surface area contributed by atoms with Gasteiger partial charge in [-0.1, -0.05) is 17.3 Å². The molecule has 41 heavy (non-hydrogen) atoms. The number of hydrogen-bond donors (Lipinski definition) is 1. The average molecular weight is 560 g/mol. The lowest BCUT2D eigenvalue weighted by Crippen LogP contribution is -2.63. The fourth-order valence-corrected chi connectivity index (χ4v) is 5.48. The van der Waals surface area contributed by atoms with Crippen molar-refractivity contribution in [3.63, 3.8) is 0 Å². The quantitative estimate of drug-likeness (QED) is 0.416. The summed E-state index contributed by atoms with van der Waals surface area (Å²) in [4.78, 5) is 33.3. The summed E-state index contributed by atoms with van der Waals surface area (Å²) in [7, 11) is 0. The van der Waals surface area contributed by atoms with Gasteiger partial charge in [0, 0.05) is 29.8 Å². The first kappa shape index (κ1) is 29.6. The van der Waals surface area contributed by atoms with E-state index < -0.39 is 17.2 Å². The Morgan fingerprint density at radius 3 is 2.32 bits per heavy atom. The molecule has 10 nitrogen and oxygen atoms in total. The highest BCUT2D eigenvalue weighted by molar-refractivity contribution is 5.89. The fourth-order valence-electron chi connectivity index (χ4n) is 5.48. The van der Waals surface area contributed by atoms with E-state index in [-0.39, 0.29) is 12.0 Å². The number of fused-ring (bicyclic) bond motifs is 1. The van der Waals surface area contributed by atoms with Gasteiger partial charge in [-0.3, -0.25) is 9.69 Å². The van der Waals surface area contributed by atoms with Crippen molar-refractivity contribution in [1.29, 1.82) is 5.26 Å². The van der Waals surface area contributed by atoms with Crippen LogP contribution in [0, 0.1) is 11.3 Å². The zero-order chi connectivity index (χ0) is 30.1. The first-order chi connectivity index (χ1) is 19.2. The molecule has 10 heteroatoms. The maximum atomic E-state index is 13.6. The van der Waals surface area contributed by atoms with Crippen molar-refractivity contribution in [2.45, 2.75) is 78.5 Å². The molecule has 3 aromatic rings. The van der Waals surface area contributed by atoms with Crippen molar-refractivity contribution in [3.05, 3.63) is 53.1 Å². The number of aromatic nitrogens is 2. The van der Waals surface area contributed by atoms with E-state index in [9.17, 15) is 20.0 Å². The Balaban J connectivity index is 1.53. The van der Waals surface area contributed by atoms with Gasteiger partial charge in [0.25, 0.3) is 5.89 Å². The largest absolute Gasteiger partial charge is 0.490 e. The molecule has 4 rings (SSSR count). The predicted molar refractivity (Wildman–Crippen MR) is 153 cm³/mol. The van der Waals surface area contributed by atoms with Crippen LogP contribution in [0.4, 0.5) is 4.79 Å². The Kier molecular flexibility index (Phi) is 8.11. The second kappa shape index (κ2) is 11.2. The van der Waals surface area contributed by atoms with Gasteiger partial charge >= 0.3 is 6.09 Å². The maximum Gasteiger partial charge on any atom is 0.408 e. The van der Waals surface area contributed by atoms with Crippen molar-refractivity contribution in [2.24, 2.45) is 0 Å². The van der Waals surface area contributed by atoms with E-state index in [4.69, 9.17) is 9.26 Å². The molecule has 0 aliphatic carbocycles. The molecule has 1 N–H and O–H groups in total. The first-order valence-electron chi connectivity index (χ1n) is 13.7. The van der Waals surface area contributed by atoms with Crippen LogP contribution in [0.25, 0.3) is 22.8 Å². The van der Waals surface area contributed by atoms with Crippen LogP contribution < -0.4 is 4.74 Å². The van der Waals surface area contributed by atoms with E-state index in [1.807, 2.05) is 32.0 Å². The summed E-state index contributed by atoms with van der Waals surface area (Å²) in [6.07, 6.45) is 0.0814. The molecule has 2 heterocycles. The number of nitriles is 1. The molecule has 0 radical (unpaired) electrons. The molecule has 0 bridgehead atoms. The molecule has 1 aliphatic heterocycles. The highest BCUT2D eigenvalue weighted by Crippen LogP contribution is 2.31. The van der Waals surface area contributed by atoms with Crippen molar-refractivity contribution in [3.8, 4) is 34.7 Å². The number of carbonyl (C=O) groups excluding carboxylic acids is 1. The van der Waals surface area contributed by atoms with Gasteiger partial charge in [0.05, 0.1) is 11.7 Å². The van der Waals surface area contributed by atoms with Gasteiger partial charge in [-0.2, -0.15) is 10.2 Å². The highest BCUT2D eigenvalue weighted by Gasteiger charge is 2.45. The molecule has 0 fully saturated rings. The summed E-state index contributed by atoms with van der Waals surface area (Å²) in [5.74, 6) is 1.00. The van der Waals surface area contributed by atoms with Crippen LogP contribution in [0.2, 0.25) is 0 Å². The van der Waals surface area contributed by atoms with Gasteiger partial charge in [-0.05, 0) is 96.7 Å². The van der Waals surface area contributed by atoms with Crippen LogP contribution in [0.1, 0.15) is 65.2 Å². The minimum Gasteiger partial charge on any atom is -0.490 e. The minimum absolute atomic E-state index is 0.0595. The van der Waals surface area contributed by atoms with E-state index in [2.05, 4.69) is 16.2 Å². The summed E-state index contributed by atoms with van der Waals surface area (Å²) in [6, 6.07) is 13.3. The van der Waals surface area contributed by atoms with Crippen LogP contribution in [0.3, 0.4) is 0 Å². The molecule has 0 unspecified atom stereocenters. The Labute approximate surface area is 240 Å². The Morgan fingerprint density at radius 2 is 1.71 bits per heavy atom. The number of amides is 2. The van der Waals surface area contributed by atoms with E-state index >= 15 is 0 Å². The van der Waals surface area contributed by atoms with Gasteiger partial charge in [0.2, 0.25) is 11.7 Å². The summed E-state index contributed by atoms with van der Waals surface area (Å²) >= 11 is 0. The first-order valence-corrected chi connectivity index (χ1v) is 13.7. The standard InChI is InChI=1S/C31H37N5O5/c1-19(2)40-25-11-10-23(17-24(25)18-32)27-33-26(34-41-27)22-9-8-20-12-14-35(15-13-21(20)16-22)28(37)31(6,7)36(29(38)39)30(3,4)5/h8-11,16-17,19H,12-15H2,1-7H3,(H,38,39). The van der Waals surface area contributed by atoms with Crippen LogP contribution in [0.5, 0.6) is 5.75 Å². The molecule has 2 aromatic carbocycles. The summed E-state index contributed by atoms with van der Waals surface area (Å²) < 4.78 is 11.2. The molecular formula is C31H37N5O5. The average Bonchev–Trinajstić information content (AvgIpc) is 3.28. The summed E-state index contributed by atoms with van der Waals surface area (Å²) in [5, 5.41) is 23.6. The van der Waals surface area contributed by atoms with Gasteiger partial charge in [0.15, 0.2) is 0 Å². The smallest absolute Gasteiger partial charge is 0.408 e. The van der Waals surface area contributed by atoms with Crippen LogP contribution in [-0.4, -0.2) is 67.3 Å². The lowest BCUT2D eigenvalue weighted by atomic mass is 9.93. The number of carbonyl (C=O) groups is 2. The third-order valence-corrected chi connectivity index (χ3v) is 7.13. The summed E-state index contributed by atoms with van der Waals surface area (Å²) in [5.41, 5.74) is 2.02. The fraction of sp³-hybridized carbons (Fsp3) is 0.452. The second-order valence-electron chi connectivity index (χ2n) is 12.0. The van der Waals surface area contributed by atoms with Crippen LogP contribution in [-0.2, 0) is 17.6 Å². The van der Waals surface area contributed by atoms with E-state index in [0.29, 0.717) is 54.5 Å². The Hall–Kier alpha value is -4.39. The van der Waals surface area contributed by atoms with Crippen molar-refractivity contribution < 1.29 is 24.0 Å². The number of hydrogen-bond acceptors (Lipinski definition) is 7. The lowest BCUT2D eigenvalue weighted by molar-refractivity contribution is -0.144. The second-order valence-corrected chi connectivity index (χ2v) is 12.0. The monoisotopic (exact) mass is 559 g/mol. The molecule has 0 spiro atoms. The van der Waals surface area contributed by atoms with Crippen molar-refractivity contribution in [1.82, 2.24) is 19.9 Å². The van der Waals surface area contributed by atoms with Gasteiger partial charge < -0.3 is 19.3 Å². The van der Waals surface area contributed by atoms with Crippen LogP contribution in [0.15, 0.2) is 40.9 Å². The van der Waals surface area contributed by atoms with Gasteiger partial charge in [-0.25, -0.2) is 4.79 Å². The zero-order valence-electron chi connectivity index (χ0n) is 24.7. The lowest BCUT2D eigenvalue weighted by Gasteiger charge is -2.45. The number of benzene rings is 2. The maximum absolute atomic E-state index is 13.6. The number of ether oxygens (including phenoxy) is 1. The third-order valence-electron chi connectivity index (χ3n) is 7.13. The normalized spacial score (nSPS) is 13.8. The van der Waals surface area contributed by atoms with Crippen molar-refractivity contribution >= 4 is 12.0 Å². The van der Waals surface area contributed by atoms with E-state index in [0.717, 1.165) is 16.7 Å². The molecule has 0 saturated carbocycles.